The Kier molecular flexibility index (Phi) is 5.80. The monoisotopic (exact) mass is 487 g/mol. The molecule has 1 aromatic heterocycles. The topological polar surface area (TPSA) is 110 Å². The Morgan fingerprint density at radius 1 is 1.29 bits per heavy atom. The first-order valence-electron chi connectivity index (χ1n) is 11.8. The number of carbonyl (C=O) groups is 2. The van der Waals surface area contributed by atoms with E-state index in [0.717, 1.165) is 24.1 Å². The van der Waals surface area contributed by atoms with Crippen LogP contribution in [-0.2, 0) is 9.59 Å². The quantitative estimate of drug-likeness (QED) is 0.671. The maximum Gasteiger partial charge on any atom is 0.248 e. The molecule has 0 bridgehead atoms. The lowest BCUT2D eigenvalue weighted by atomic mass is 9.85. The molecule has 1 aliphatic carbocycles. The molecule has 34 heavy (non-hydrogen) atoms. The summed E-state index contributed by atoms with van der Waals surface area (Å²) in [6, 6.07) is 3.49. The fourth-order valence-electron chi connectivity index (χ4n) is 4.95. The number of aliphatic hydroxyl groups excluding tert-OH is 1. The molecule has 1 saturated carbocycles. The van der Waals surface area contributed by atoms with Crippen molar-refractivity contribution in [3.8, 4) is 5.75 Å². The Hall–Kier alpha value is -2.65. The standard InChI is InChI=1S/C24H30ClN5O4/c1-24(2,3)21(30-11-16(27-28-30)13-7-8-13)23(33)29-10-14(31)9-18(29)22(32)26-17-12-34-19-6-4-5-15(25)20(17)19/h4-6,11,13-14,17-18,21,31H,7-10,12H2,1-3H3,(H,26,32)/t14?,17?,18?,21-/m0/s1. The molecule has 3 unspecified atom stereocenters. The minimum Gasteiger partial charge on any atom is -0.491 e. The normalized spacial score (nSPS) is 25.1. The first kappa shape index (κ1) is 23.1. The third kappa shape index (κ3) is 4.27. The highest BCUT2D eigenvalue weighted by molar-refractivity contribution is 6.31. The number of aromatic nitrogens is 3. The van der Waals surface area contributed by atoms with Crippen LogP contribution in [0.2, 0.25) is 5.02 Å². The largest absolute Gasteiger partial charge is 0.491 e. The lowest BCUT2D eigenvalue weighted by molar-refractivity contribution is -0.144. The van der Waals surface area contributed by atoms with Gasteiger partial charge in [-0.25, -0.2) is 4.68 Å². The van der Waals surface area contributed by atoms with Gasteiger partial charge in [-0.2, -0.15) is 0 Å². The number of halogens is 1. The van der Waals surface area contributed by atoms with Gasteiger partial charge < -0.3 is 20.1 Å². The number of rotatable bonds is 5. The maximum atomic E-state index is 13.8. The van der Waals surface area contributed by atoms with Crippen LogP contribution in [0, 0.1) is 5.41 Å². The molecule has 3 aliphatic rings. The summed E-state index contributed by atoms with van der Waals surface area (Å²) in [4.78, 5) is 28.7. The van der Waals surface area contributed by atoms with E-state index in [4.69, 9.17) is 16.3 Å². The molecule has 5 rings (SSSR count). The summed E-state index contributed by atoms with van der Waals surface area (Å²) in [6.45, 7) is 6.24. The predicted octanol–water partition coefficient (Wildman–Crippen LogP) is 2.61. The third-order valence-corrected chi connectivity index (χ3v) is 7.12. The molecule has 2 fully saturated rings. The van der Waals surface area contributed by atoms with Crippen molar-refractivity contribution < 1.29 is 19.4 Å². The van der Waals surface area contributed by atoms with E-state index < -0.39 is 29.6 Å². The van der Waals surface area contributed by atoms with Gasteiger partial charge in [-0.3, -0.25) is 9.59 Å². The third-order valence-electron chi connectivity index (χ3n) is 6.79. The van der Waals surface area contributed by atoms with Gasteiger partial charge in [-0.15, -0.1) is 5.10 Å². The van der Waals surface area contributed by atoms with Crippen LogP contribution in [0.3, 0.4) is 0 Å². The van der Waals surface area contributed by atoms with Gasteiger partial charge >= 0.3 is 0 Å². The zero-order chi connectivity index (χ0) is 24.2. The second kappa shape index (κ2) is 8.53. The van der Waals surface area contributed by atoms with E-state index in [1.54, 1.807) is 16.8 Å². The molecule has 0 radical (unpaired) electrons. The van der Waals surface area contributed by atoms with E-state index in [1.807, 2.05) is 33.0 Å². The highest BCUT2D eigenvalue weighted by Gasteiger charge is 2.46. The Balaban J connectivity index is 1.37. The van der Waals surface area contributed by atoms with Crippen molar-refractivity contribution in [2.75, 3.05) is 13.2 Å². The Morgan fingerprint density at radius 2 is 2.06 bits per heavy atom. The van der Waals surface area contributed by atoms with Crippen LogP contribution in [-0.4, -0.2) is 62.1 Å². The summed E-state index contributed by atoms with van der Waals surface area (Å²) in [5.41, 5.74) is 1.15. The molecule has 0 spiro atoms. The molecular weight excluding hydrogens is 458 g/mol. The zero-order valence-corrected chi connectivity index (χ0v) is 20.3. The molecule has 10 heteroatoms. The number of hydrogen-bond donors (Lipinski definition) is 2. The van der Waals surface area contributed by atoms with E-state index in [9.17, 15) is 14.7 Å². The minimum atomic E-state index is -0.801. The van der Waals surface area contributed by atoms with Gasteiger partial charge in [-0.05, 0) is 30.4 Å². The first-order chi connectivity index (χ1) is 16.1. The van der Waals surface area contributed by atoms with Gasteiger partial charge in [-0.1, -0.05) is 43.7 Å². The molecule has 2 aromatic rings. The number of fused-ring (bicyclic) bond motifs is 1. The number of nitrogens with one attached hydrogen (secondary N) is 1. The van der Waals surface area contributed by atoms with E-state index in [-0.39, 0.29) is 31.4 Å². The average Bonchev–Trinajstić information content (AvgIpc) is 3.15. The molecule has 9 nitrogen and oxygen atoms in total. The summed E-state index contributed by atoms with van der Waals surface area (Å²) in [7, 11) is 0. The van der Waals surface area contributed by atoms with Crippen LogP contribution in [0.25, 0.3) is 0 Å². The van der Waals surface area contributed by atoms with Crippen molar-refractivity contribution >= 4 is 23.4 Å². The number of nitrogens with zero attached hydrogens (tertiary/aromatic N) is 4. The molecule has 1 aromatic carbocycles. The van der Waals surface area contributed by atoms with Crippen LogP contribution in [0.1, 0.15) is 69.3 Å². The van der Waals surface area contributed by atoms with Gasteiger partial charge in [0.2, 0.25) is 11.8 Å². The molecule has 2 N–H and O–H groups in total. The number of ether oxygens (including phenoxy) is 1. The number of likely N-dealkylation sites (tertiary alicyclic amines) is 1. The number of β-amino-alcohol motifs (C(OH)–C–C–N with tert-alkyl or cyclic N) is 1. The predicted molar refractivity (Wildman–Crippen MR) is 124 cm³/mol. The lowest BCUT2D eigenvalue weighted by Crippen LogP contribution is -2.51. The van der Waals surface area contributed by atoms with Crippen molar-refractivity contribution in [3.05, 3.63) is 40.7 Å². The number of benzene rings is 1. The first-order valence-corrected chi connectivity index (χ1v) is 12.1. The Bertz CT molecular complexity index is 1110. The number of carbonyl (C=O) groups excluding carboxylic acids is 2. The fourth-order valence-corrected chi connectivity index (χ4v) is 5.24. The van der Waals surface area contributed by atoms with Gasteiger partial charge in [0.15, 0.2) is 0 Å². The summed E-state index contributed by atoms with van der Waals surface area (Å²) < 4.78 is 7.29. The SMILES string of the molecule is CC(C)(C)[C@H](C(=O)N1CC(O)CC1C(=O)NC1COc2cccc(Cl)c21)n1cc(C2CC2)nn1. The minimum absolute atomic E-state index is 0.0895. The molecule has 4 atom stereocenters. The summed E-state index contributed by atoms with van der Waals surface area (Å²) >= 11 is 6.35. The van der Waals surface area contributed by atoms with Crippen molar-refractivity contribution in [2.24, 2.45) is 5.41 Å². The summed E-state index contributed by atoms with van der Waals surface area (Å²) in [5, 5.41) is 22.5. The van der Waals surface area contributed by atoms with E-state index in [1.165, 1.54) is 4.90 Å². The molecule has 3 heterocycles. The van der Waals surface area contributed by atoms with Crippen molar-refractivity contribution in [2.45, 2.75) is 70.2 Å². The second-order valence-corrected chi connectivity index (χ2v) is 11.0. The summed E-state index contributed by atoms with van der Waals surface area (Å²) in [5.74, 6) is 0.469. The number of hydrogen-bond acceptors (Lipinski definition) is 6. The van der Waals surface area contributed by atoms with E-state index >= 15 is 0 Å². The number of amides is 2. The number of aliphatic hydroxyl groups is 1. The highest BCUT2D eigenvalue weighted by Crippen LogP contribution is 2.41. The van der Waals surface area contributed by atoms with Gasteiger partial charge in [0.05, 0.1) is 17.8 Å². The average molecular weight is 488 g/mol. The van der Waals surface area contributed by atoms with Crippen molar-refractivity contribution in [1.29, 1.82) is 0 Å². The van der Waals surface area contributed by atoms with Gasteiger partial charge in [0.1, 0.15) is 24.4 Å². The van der Waals surface area contributed by atoms with Crippen molar-refractivity contribution in [3.63, 3.8) is 0 Å². The molecule has 2 aliphatic heterocycles. The molecule has 1 saturated heterocycles. The Morgan fingerprint density at radius 3 is 2.76 bits per heavy atom. The van der Waals surface area contributed by atoms with Gasteiger partial charge in [0.25, 0.3) is 0 Å². The van der Waals surface area contributed by atoms with E-state index in [2.05, 4.69) is 15.6 Å². The van der Waals surface area contributed by atoms with Crippen LogP contribution in [0.5, 0.6) is 5.75 Å². The van der Waals surface area contributed by atoms with Crippen LogP contribution >= 0.6 is 11.6 Å². The smallest absolute Gasteiger partial charge is 0.248 e. The van der Waals surface area contributed by atoms with E-state index in [0.29, 0.717) is 16.7 Å². The Labute approximate surface area is 203 Å². The van der Waals surface area contributed by atoms with Crippen LogP contribution in [0.4, 0.5) is 0 Å². The fraction of sp³-hybridized carbons (Fsp3) is 0.583. The zero-order valence-electron chi connectivity index (χ0n) is 19.6. The molecule has 2 amide bonds. The molecular formula is C24H30ClN5O4. The second-order valence-electron chi connectivity index (χ2n) is 10.6. The van der Waals surface area contributed by atoms with Gasteiger partial charge in [0, 0.05) is 35.7 Å². The lowest BCUT2D eigenvalue weighted by Gasteiger charge is -2.34. The van der Waals surface area contributed by atoms with Crippen LogP contribution in [0.15, 0.2) is 24.4 Å². The van der Waals surface area contributed by atoms with Crippen LogP contribution < -0.4 is 10.1 Å². The highest BCUT2D eigenvalue weighted by atomic mass is 35.5. The maximum absolute atomic E-state index is 13.8. The van der Waals surface area contributed by atoms with Crippen molar-refractivity contribution in [1.82, 2.24) is 25.2 Å². The molecule has 182 valence electrons. The summed E-state index contributed by atoms with van der Waals surface area (Å²) in [6.07, 6.45) is 3.41.